The Morgan fingerprint density at radius 3 is 2.34 bits per heavy atom. The van der Waals surface area contributed by atoms with Gasteiger partial charge in [0, 0.05) is 43.6 Å². The van der Waals surface area contributed by atoms with Crippen molar-refractivity contribution in [1.29, 1.82) is 0 Å². The Kier molecular flexibility index (Phi) is 5.46. The lowest BCUT2D eigenvalue weighted by Crippen LogP contribution is -2.46. The van der Waals surface area contributed by atoms with Gasteiger partial charge in [0.1, 0.15) is 11.6 Å². The van der Waals surface area contributed by atoms with Crippen LogP contribution in [0.5, 0.6) is 5.75 Å². The molecule has 0 bridgehead atoms. The van der Waals surface area contributed by atoms with E-state index in [0.717, 1.165) is 54.4 Å². The molecule has 7 nitrogen and oxygen atoms in total. The monoisotopic (exact) mass is 427 g/mol. The minimum atomic E-state index is 0.477. The molecule has 4 aromatic rings. The van der Waals surface area contributed by atoms with Crippen LogP contribution in [0, 0.1) is 6.92 Å². The van der Waals surface area contributed by atoms with Crippen LogP contribution >= 0.6 is 0 Å². The van der Waals surface area contributed by atoms with E-state index in [2.05, 4.69) is 37.1 Å². The van der Waals surface area contributed by atoms with Crippen LogP contribution in [0.4, 0.5) is 11.5 Å². The molecule has 1 aliphatic rings. The minimum Gasteiger partial charge on any atom is -0.497 e. The fourth-order valence-electron chi connectivity index (χ4n) is 3.93. The van der Waals surface area contributed by atoms with Crippen molar-refractivity contribution in [2.24, 2.45) is 0 Å². The molecule has 0 aliphatic carbocycles. The van der Waals surface area contributed by atoms with E-state index in [1.807, 2.05) is 55.5 Å². The van der Waals surface area contributed by atoms with Gasteiger partial charge in [0.25, 0.3) is 5.89 Å². The van der Waals surface area contributed by atoms with Gasteiger partial charge in [-0.25, -0.2) is 4.98 Å². The predicted octanol–water partition coefficient (Wildman–Crippen LogP) is 4.44. The van der Waals surface area contributed by atoms with Gasteiger partial charge < -0.3 is 19.1 Å². The lowest BCUT2D eigenvalue weighted by atomic mass is 10.1. The summed E-state index contributed by atoms with van der Waals surface area (Å²) in [4.78, 5) is 13.9. The van der Waals surface area contributed by atoms with Crippen LogP contribution in [0.3, 0.4) is 0 Å². The highest BCUT2D eigenvalue weighted by Gasteiger charge is 2.19. The van der Waals surface area contributed by atoms with Gasteiger partial charge in [-0.1, -0.05) is 28.9 Å². The number of methoxy groups -OCH3 is 1. The number of pyridine rings is 1. The summed E-state index contributed by atoms with van der Waals surface area (Å²) >= 11 is 0. The minimum absolute atomic E-state index is 0.477. The van der Waals surface area contributed by atoms with E-state index < -0.39 is 0 Å². The molecule has 2 aromatic heterocycles. The summed E-state index contributed by atoms with van der Waals surface area (Å²) in [5.41, 5.74) is 4.14. The highest BCUT2D eigenvalue weighted by molar-refractivity contribution is 5.61. The quantitative estimate of drug-likeness (QED) is 0.466. The van der Waals surface area contributed by atoms with Crippen molar-refractivity contribution in [3.63, 3.8) is 0 Å². The van der Waals surface area contributed by atoms with Crippen LogP contribution < -0.4 is 14.5 Å². The summed E-state index contributed by atoms with van der Waals surface area (Å²) in [5, 5.41) is 4.13. The number of hydrogen-bond acceptors (Lipinski definition) is 7. The number of rotatable bonds is 5. The Labute approximate surface area is 187 Å². The number of ether oxygens (including phenoxy) is 1. The average Bonchev–Trinajstić information content (AvgIpc) is 3.35. The first-order valence-electron chi connectivity index (χ1n) is 10.7. The SMILES string of the molecule is COc1ccc(N2CCN(c3ccc(-c4nc(-c5cccc(C)c5)no4)cn3)CC2)cc1. The number of nitrogens with zero attached hydrogens (tertiary/aromatic N) is 5. The van der Waals surface area contributed by atoms with Crippen molar-refractivity contribution in [1.82, 2.24) is 15.1 Å². The molecule has 0 atom stereocenters. The maximum absolute atomic E-state index is 5.48. The second-order valence-corrected chi connectivity index (χ2v) is 7.87. The fraction of sp³-hybridized carbons (Fsp3) is 0.240. The first-order chi connectivity index (χ1) is 15.7. The Hall–Kier alpha value is -3.87. The van der Waals surface area contributed by atoms with Gasteiger partial charge in [0.05, 0.1) is 12.7 Å². The van der Waals surface area contributed by atoms with Gasteiger partial charge >= 0.3 is 0 Å². The van der Waals surface area contributed by atoms with Crippen molar-refractivity contribution in [3.8, 4) is 28.6 Å². The zero-order chi connectivity index (χ0) is 21.9. The maximum atomic E-state index is 5.48. The van der Waals surface area contributed by atoms with Crippen LogP contribution in [0.15, 0.2) is 71.4 Å². The van der Waals surface area contributed by atoms with Crippen LogP contribution in [-0.2, 0) is 0 Å². The molecular formula is C25H25N5O2. The zero-order valence-corrected chi connectivity index (χ0v) is 18.2. The molecule has 1 aliphatic heterocycles. The Morgan fingerprint density at radius 1 is 0.875 bits per heavy atom. The Morgan fingerprint density at radius 2 is 1.66 bits per heavy atom. The lowest BCUT2D eigenvalue weighted by Gasteiger charge is -2.36. The van der Waals surface area contributed by atoms with Crippen molar-refractivity contribution in [2.75, 3.05) is 43.1 Å². The highest BCUT2D eigenvalue weighted by Crippen LogP contribution is 2.25. The van der Waals surface area contributed by atoms with Gasteiger partial charge in [-0.15, -0.1) is 0 Å². The molecule has 1 saturated heterocycles. The molecule has 2 aromatic carbocycles. The van der Waals surface area contributed by atoms with Crippen LogP contribution in [0.25, 0.3) is 22.8 Å². The molecule has 3 heterocycles. The smallest absolute Gasteiger partial charge is 0.259 e. The van der Waals surface area contributed by atoms with Gasteiger partial charge in [-0.3, -0.25) is 0 Å². The number of benzene rings is 2. The average molecular weight is 428 g/mol. The standard InChI is InChI=1S/C25H25N5O2/c1-18-4-3-5-19(16-18)24-27-25(32-28-24)20-6-11-23(26-17-20)30-14-12-29(13-15-30)21-7-9-22(31-2)10-8-21/h3-11,16-17H,12-15H2,1-2H3. The summed E-state index contributed by atoms with van der Waals surface area (Å²) in [7, 11) is 1.69. The number of piperazine rings is 1. The van der Waals surface area contributed by atoms with Crippen LogP contribution in [-0.4, -0.2) is 48.4 Å². The van der Waals surface area contributed by atoms with E-state index in [1.54, 1.807) is 13.3 Å². The van der Waals surface area contributed by atoms with E-state index in [1.165, 1.54) is 5.69 Å². The molecular weight excluding hydrogens is 402 g/mol. The normalized spacial score (nSPS) is 13.9. The Bertz CT molecular complexity index is 1180. The summed E-state index contributed by atoms with van der Waals surface area (Å²) in [6.45, 7) is 5.76. The molecule has 0 N–H and O–H groups in total. The van der Waals surface area contributed by atoms with E-state index in [4.69, 9.17) is 9.26 Å². The summed E-state index contributed by atoms with van der Waals surface area (Å²) < 4.78 is 10.7. The van der Waals surface area contributed by atoms with Crippen molar-refractivity contribution in [2.45, 2.75) is 6.92 Å². The van der Waals surface area contributed by atoms with Gasteiger partial charge in [-0.2, -0.15) is 4.98 Å². The first-order valence-corrected chi connectivity index (χ1v) is 10.7. The van der Waals surface area contributed by atoms with E-state index in [9.17, 15) is 0 Å². The Balaban J connectivity index is 1.24. The van der Waals surface area contributed by atoms with E-state index >= 15 is 0 Å². The fourth-order valence-corrected chi connectivity index (χ4v) is 3.93. The number of aryl methyl sites for hydroxylation is 1. The third-order valence-corrected chi connectivity index (χ3v) is 5.74. The molecule has 1 fully saturated rings. The zero-order valence-electron chi connectivity index (χ0n) is 18.2. The topological polar surface area (TPSA) is 67.5 Å². The molecule has 7 heteroatoms. The first kappa shape index (κ1) is 20.1. The maximum Gasteiger partial charge on any atom is 0.259 e. The molecule has 0 unspecified atom stereocenters. The van der Waals surface area contributed by atoms with Crippen LogP contribution in [0.2, 0.25) is 0 Å². The third kappa shape index (κ3) is 4.14. The van der Waals surface area contributed by atoms with Gasteiger partial charge in [0.2, 0.25) is 5.82 Å². The largest absolute Gasteiger partial charge is 0.497 e. The predicted molar refractivity (Wildman–Crippen MR) is 125 cm³/mol. The second-order valence-electron chi connectivity index (χ2n) is 7.87. The number of hydrogen-bond donors (Lipinski definition) is 0. The second kappa shape index (κ2) is 8.70. The molecule has 0 radical (unpaired) electrons. The molecule has 0 spiro atoms. The van der Waals surface area contributed by atoms with Gasteiger partial charge in [-0.05, 0) is 49.4 Å². The molecule has 5 rings (SSSR count). The summed E-state index contributed by atoms with van der Waals surface area (Å²) in [6, 6.07) is 20.3. The van der Waals surface area contributed by atoms with Crippen LogP contribution in [0.1, 0.15) is 5.56 Å². The molecule has 0 saturated carbocycles. The van der Waals surface area contributed by atoms with E-state index in [-0.39, 0.29) is 0 Å². The molecule has 162 valence electrons. The van der Waals surface area contributed by atoms with E-state index in [0.29, 0.717) is 11.7 Å². The number of anilines is 2. The highest BCUT2D eigenvalue weighted by atomic mass is 16.5. The summed E-state index contributed by atoms with van der Waals surface area (Å²) in [5.74, 6) is 2.90. The molecule has 0 amide bonds. The third-order valence-electron chi connectivity index (χ3n) is 5.74. The molecule has 32 heavy (non-hydrogen) atoms. The van der Waals surface area contributed by atoms with Crippen molar-refractivity contribution < 1.29 is 9.26 Å². The van der Waals surface area contributed by atoms with Crippen molar-refractivity contribution >= 4 is 11.5 Å². The number of aromatic nitrogens is 3. The van der Waals surface area contributed by atoms with Crippen molar-refractivity contribution in [3.05, 3.63) is 72.4 Å². The van der Waals surface area contributed by atoms with Gasteiger partial charge in [0.15, 0.2) is 0 Å². The summed E-state index contributed by atoms with van der Waals surface area (Å²) in [6.07, 6.45) is 1.80. The lowest BCUT2D eigenvalue weighted by molar-refractivity contribution is 0.415.